The smallest absolute Gasteiger partial charge is 0.298 e. The Labute approximate surface area is 136 Å². The average Bonchev–Trinajstić information content (AvgIpc) is 3.26. The van der Waals surface area contributed by atoms with Gasteiger partial charge in [0.2, 0.25) is 0 Å². The van der Waals surface area contributed by atoms with E-state index in [0.29, 0.717) is 13.1 Å². The van der Waals surface area contributed by atoms with E-state index in [4.69, 9.17) is 5.11 Å². The number of hydrogen-bond acceptors (Lipinski definition) is 5. The molecule has 2 aromatic heterocycles. The average molecular weight is 336 g/mol. The van der Waals surface area contributed by atoms with Crippen LogP contribution in [0.3, 0.4) is 0 Å². The number of aliphatic hydroxyl groups excluding tert-OH is 1. The molecular weight excluding hydrogens is 318 g/mol. The molecule has 0 spiro atoms. The van der Waals surface area contributed by atoms with Crippen LogP contribution >= 0.6 is 22.7 Å². The summed E-state index contributed by atoms with van der Waals surface area (Å²) in [5.74, 6) is -0.0154. The van der Waals surface area contributed by atoms with Crippen LogP contribution < -0.4 is 5.32 Å². The van der Waals surface area contributed by atoms with Gasteiger partial charge in [0.1, 0.15) is 0 Å². The lowest BCUT2D eigenvalue weighted by Crippen LogP contribution is -2.87. The Bertz CT molecular complexity index is 638. The van der Waals surface area contributed by atoms with Gasteiger partial charge < -0.3 is 10.4 Å². The first kappa shape index (κ1) is 15.4. The number of hydrazone groups is 1. The first-order valence-electron chi connectivity index (χ1n) is 7.19. The van der Waals surface area contributed by atoms with Crippen molar-refractivity contribution in [2.75, 3.05) is 19.7 Å². The summed E-state index contributed by atoms with van der Waals surface area (Å²) in [7, 11) is 0. The fourth-order valence-electron chi connectivity index (χ4n) is 2.44. The van der Waals surface area contributed by atoms with Crippen molar-refractivity contribution < 1.29 is 15.2 Å². The lowest BCUT2D eigenvalue weighted by atomic mass is 10.1. The van der Waals surface area contributed by atoms with Crippen molar-refractivity contribution in [3.8, 4) is 0 Å². The van der Waals surface area contributed by atoms with Crippen molar-refractivity contribution in [3.63, 3.8) is 0 Å². The molecule has 0 bridgehead atoms. The van der Waals surface area contributed by atoms with E-state index >= 15 is 0 Å². The number of hydrogen-bond donors (Lipinski definition) is 2. The quantitative estimate of drug-likeness (QED) is 0.774. The molecule has 2 aromatic rings. The van der Waals surface area contributed by atoms with Crippen molar-refractivity contribution in [3.05, 3.63) is 44.8 Å². The molecule has 0 fully saturated rings. The molecule has 0 aromatic carbocycles. The largest absolute Gasteiger partial charge is 0.391 e. The van der Waals surface area contributed by atoms with Gasteiger partial charge in [-0.15, -0.1) is 22.7 Å². The number of carbonyl (C=O) groups is 1. The molecule has 1 atom stereocenters. The van der Waals surface area contributed by atoms with Crippen molar-refractivity contribution in [1.82, 2.24) is 5.01 Å². The second kappa shape index (κ2) is 7.15. The number of amides is 1. The highest BCUT2D eigenvalue weighted by Crippen LogP contribution is 2.35. The van der Waals surface area contributed by atoms with Crippen LogP contribution in [-0.2, 0) is 4.79 Å². The Kier molecular flexibility index (Phi) is 4.99. The molecule has 0 aliphatic carbocycles. The monoisotopic (exact) mass is 336 g/mol. The van der Waals surface area contributed by atoms with Gasteiger partial charge in [-0.25, -0.2) is 5.01 Å². The van der Waals surface area contributed by atoms with Crippen LogP contribution in [0.1, 0.15) is 22.2 Å². The third-order valence-electron chi connectivity index (χ3n) is 3.50. The Hall–Kier alpha value is -1.54. The van der Waals surface area contributed by atoms with Crippen LogP contribution in [0.5, 0.6) is 0 Å². The fourth-order valence-corrected chi connectivity index (χ4v) is 3.98. The van der Waals surface area contributed by atoms with E-state index in [1.165, 1.54) is 0 Å². The highest BCUT2D eigenvalue weighted by atomic mass is 32.1. The maximum Gasteiger partial charge on any atom is 0.298 e. The zero-order valence-corrected chi connectivity index (χ0v) is 13.6. The third kappa shape index (κ3) is 3.27. The van der Waals surface area contributed by atoms with Crippen molar-refractivity contribution in [2.45, 2.75) is 12.5 Å². The van der Waals surface area contributed by atoms with Crippen LogP contribution in [0.15, 0.2) is 40.1 Å². The minimum atomic E-state index is -0.0154. The van der Waals surface area contributed by atoms with Gasteiger partial charge in [-0.2, -0.15) is 5.10 Å². The molecule has 3 N–H and O–H groups in total. The standard InChI is InChI=1S/C15H17N3O2S2/c19-6-5-16-10-15(20)18-12(14-4-2-8-22-14)9-11(17-18)13-3-1-7-21-13/h1-4,7-8,12,16,19H,5-6,9-10H2/p+1/t12-/m0/s1. The third-order valence-corrected chi connectivity index (χ3v) is 5.39. The first-order chi connectivity index (χ1) is 10.8. The summed E-state index contributed by atoms with van der Waals surface area (Å²) in [6.07, 6.45) is 0.757. The van der Waals surface area contributed by atoms with Gasteiger partial charge in [-0.1, -0.05) is 12.1 Å². The van der Waals surface area contributed by atoms with Gasteiger partial charge in [-0.05, 0) is 22.9 Å². The zero-order chi connectivity index (χ0) is 15.4. The molecule has 116 valence electrons. The second-order valence-electron chi connectivity index (χ2n) is 5.00. The SMILES string of the molecule is O=C(C[NH2+]CCO)N1N=C(c2cccs2)C[C@H]1c1cccs1. The summed E-state index contributed by atoms with van der Waals surface area (Å²) in [5, 5.41) is 20.9. The van der Waals surface area contributed by atoms with Gasteiger partial charge in [0.25, 0.3) is 5.91 Å². The second-order valence-corrected chi connectivity index (χ2v) is 6.93. The predicted molar refractivity (Wildman–Crippen MR) is 88.1 cm³/mol. The number of nitrogens with two attached hydrogens (primary N) is 1. The lowest BCUT2D eigenvalue weighted by Gasteiger charge is -2.19. The van der Waals surface area contributed by atoms with E-state index < -0.39 is 0 Å². The zero-order valence-electron chi connectivity index (χ0n) is 12.0. The summed E-state index contributed by atoms with van der Waals surface area (Å²) >= 11 is 3.30. The molecular formula is C15H18N3O2S2+. The molecule has 5 nitrogen and oxygen atoms in total. The number of thiophene rings is 2. The van der Waals surface area contributed by atoms with E-state index in [9.17, 15) is 4.79 Å². The Morgan fingerprint density at radius 2 is 2.18 bits per heavy atom. The summed E-state index contributed by atoms with van der Waals surface area (Å²) in [5.41, 5.74) is 0.976. The number of aliphatic hydroxyl groups is 1. The van der Waals surface area contributed by atoms with Crippen molar-refractivity contribution >= 4 is 34.3 Å². The van der Waals surface area contributed by atoms with Crippen LogP contribution in [0, 0.1) is 0 Å². The van der Waals surface area contributed by atoms with E-state index in [0.717, 1.165) is 21.9 Å². The van der Waals surface area contributed by atoms with Gasteiger partial charge in [0, 0.05) is 11.3 Å². The van der Waals surface area contributed by atoms with E-state index in [1.807, 2.05) is 34.3 Å². The fraction of sp³-hybridized carbons (Fsp3) is 0.333. The Morgan fingerprint density at radius 1 is 1.36 bits per heavy atom. The molecule has 0 unspecified atom stereocenters. The highest BCUT2D eigenvalue weighted by molar-refractivity contribution is 7.12. The van der Waals surface area contributed by atoms with Gasteiger partial charge >= 0.3 is 0 Å². The molecule has 22 heavy (non-hydrogen) atoms. The highest BCUT2D eigenvalue weighted by Gasteiger charge is 2.34. The number of rotatable bonds is 6. The summed E-state index contributed by atoms with van der Waals surface area (Å²) in [4.78, 5) is 14.7. The van der Waals surface area contributed by atoms with Crippen LogP contribution in [-0.4, -0.2) is 41.4 Å². The number of quaternary nitrogens is 1. The van der Waals surface area contributed by atoms with Crippen molar-refractivity contribution in [2.24, 2.45) is 5.10 Å². The first-order valence-corrected chi connectivity index (χ1v) is 8.95. The topological polar surface area (TPSA) is 69.5 Å². The molecule has 3 heterocycles. The van der Waals surface area contributed by atoms with E-state index in [-0.39, 0.29) is 18.6 Å². The maximum absolute atomic E-state index is 12.5. The van der Waals surface area contributed by atoms with Crippen molar-refractivity contribution in [1.29, 1.82) is 0 Å². The number of nitrogens with zero attached hydrogens (tertiary/aromatic N) is 2. The van der Waals surface area contributed by atoms with Crippen LogP contribution in [0.25, 0.3) is 0 Å². The molecule has 0 saturated heterocycles. The van der Waals surface area contributed by atoms with Gasteiger partial charge in [-0.3, -0.25) is 4.79 Å². The Morgan fingerprint density at radius 3 is 2.86 bits per heavy atom. The Balaban J connectivity index is 1.79. The molecule has 1 aliphatic heterocycles. The molecule has 3 rings (SSSR count). The van der Waals surface area contributed by atoms with Gasteiger partial charge in [0.05, 0.1) is 29.8 Å². The normalized spacial score (nSPS) is 17.8. The van der Waals surface area contributed by atoms with Crippen LogP contribution in [0.4, 0.5) is 0 Å². The van der Waals surface area contributed by atoms with Gasteiger partial charge in [0.15, 0.2) is 6.54 Å². The maximum atomic E-state index is 12.5. The summed E-state index contributed by atoms with van der Waals surface area (Å²) in [6.45, 7) is 0.916. The molecule has 1 aliphatic rings. The minimum Gasteiger partial charge on any atom is -0.391 e. The molecule has 1 amide bonds. The molecule has 0 radical (unpaired) electrons. The minimum absolute atomic E-state index is 0.00729. The summed E-state index contributed by atoms with van der Waals surface area (Å²) < 4.78 is 0. The molecule has 0 saturated carbocycles. The lowest BCUT2D eigenvalue weighted by molar-refractivity contribution is -0.645. The predicted octanol–water partition coefficient (Wildman–Crippen LogP) is 1.04. The molecule has 7 heteroatoms. The summed E-state index contributed by atoms with van der Waals surface area (Å²) in [6, 6.07) is 8.10. The van der Waals surface area contributed by atoms with E-state index in [2.05, 4.69) is 11.2 Å². The van der Waals surface area contributed by atoms with E-state index in [1.54, 1.807) is 27.7 Å². The van der Waals surface area contributed by atoms with Crippen LogP contribution in [0.2, 0.25) is 0 Å². The number of carbonyl (C=O) groups excluding carboxylic acids is 1.